The Labute approximate surface area is 322 Å². The number of hydrogen-bond donors (Lipinski definition) is 0. The number of nitrogens with zero attached hydrogens (tertiary/aromatic N) is 4. The number of furan rings is 1. The molecule has 3 aromatic heterocycles. The number of fused-ring (bicyclic) bond motifs is 6. The maximum absolute atomic E-state index is 6.49. The first-order chi connectivity index (χ1) is 27.7. The number of benzene rings is 8. The van der Waals surface area contributed by atoms with Crippen molar-refractivity contribution in [2.24, 2.45) is 0 Å². The Bertz CT molecular complexity index is 3160. The van der Waals surface area contributed by atoms with Crippen molar-refractivity contribution >= 4 is 43.7 Å². The van der Waals surface area contributed by atoms with E-state index < -0.39 is 0 Å². The van der Waals surface area contributed by atoms with Crippen molar-refractivity contribution in [1.82, 2.24) is 19.5 Å². The standard InChI is InChI=1S/C51H32N4O/c1-4-12-33(13-5-1)34-20-25-40(26-21-34)55-45-19-11-10-18-41(45)42-27-22-38(31-46(42)55)37-24-29-47-44(30-37)43-28-23-39(32-48(43)56-47)51-53-49(35-14-6-2-7-15-35)52-50(54-51)36-16-8-3-9-17-36/h1-32H. The van der Waals surface area contributed by atoms with Gasteiger partial charge in [-0.05, 0) is 70.8 Å². The Hall–Kier alpha value is -7.63. The average Bonchev–Trinajstić information content (AvgIpc) is 3.81. The molecule has 0 aliphatic heterocycles. The Morgan fingerprint density at radius 1 is 0.304 bits per heavy atom. The third kappa shape index (κ3) is 5.45. The highest BCUT2D eigenvalue weighted by atomic mass is 16.3. The van der Waals surface area contributed by atoms with Gasteiger partial charge < -0.3 is 8.98 Å². The lowest BCUT2D eigenvalue weighted by Crippen LogP contribution is -2.00. The summed E-state index contributed by atoms with van der Waals surface area (Å²) in [7, 11) is 0. The van der Waals surface area contributed by atoms with Crippen LogP contribution in [0.2, 0.25) is 0 Å². The molecule has 0 radical (unpaired) electrons. The van der Waals surface area contributed by atoms with E-state index in [9.17, 15) is 0 Å². The molecule has 0 unspecified atom stereocenters. The van der Waals surface area contributed by atoms with Crippen LogP contribution in [0.15, 0.2) is 199 Å². The molecule has 0 fully saturated rings. The fraction of sp³-hybridized carbons (Fsp3) is 0. The van der Waals surface area contributed by atoms with E-state index in [-0.39, 0.29) is 0 Å². The Morgan fingerprint density at radius 2 is 0.804 bits per heavy atom. The van der Waals surface area contributed by atoms with Gasteiger partial charge in [0.25, 0.3) is 0 Å². The van der Waals surface area contributed by atoms with Crippen LogP contribution in [0, 0.1) is 0 Å². The van der Waals surface area contributed by atoms with Gasteiger partial charge in [-0.15, -0.1) is 0 Å². The molecule has 0 aliphatic rings. The van der Waals surface area contributed by atoms with Crippen LogP contribution in [0.4, 0.5) is 0 Å². The molecular formula is C51H32N4O. The highest BCUT2D eigenvalue weighted by Gasteiger charge is 2.17. The summed E-state index contributed by atoms with van der Waals surface area (Å²) >= 11 is 0. The minimum atomic E-state index is 0.596. The Balaban J connectivity index is 0.999. The van der Waals surface area contributed by atoms with Crippen molar-refractivity contribution in [3.63, 3.8) is 0 Å². The number of hydrogen-bond acceptors (Lipinski definition) is 4. The molecule has 3 heterocycles. The Morgan fingerprint density at radius 3 is 1.50 bits per heavy atom. The van der Waals surface area contributed by atoms with Crippen LogP contribution in [0.3, 0.4) is 0 Å². The van der Waals surface area contributed by atoms with Crippen LogP contribution < -0.4 is 0 Å². The second-order valence-electron chi connectivity index (χ2n) is 14.1. The van der Waals surface area contributed by atoms with Gasteiger partial charge >= 0.3 is 0 Å². The first-order valence-electron chi connectivity index (χ1n) is 18.8. The molecule has 0 bridgehead atoms. The molecule has 8 aromatic carbocycles. The molecule has 0 aliphatic carbocycles. The topological polar surface area (TPSA) is 56.7 Å². The molecule has 262 valence electrons. The third-order valence-electron chi connectivity index (χ3n) is 10.7. The predicted octanol–water partition coefficient (Wildman–Crippen LogP) is 13.2. The summed E-state index contributed by atoms with van der Waals surface area (Å²) in [5.74, 6) is 1.85. The molecule has 11 aromatic rings. The highest BCUT2D eigenvalue weighted by molar-refractivity contribution is 6.11. The number of rotatable bonds is 6. The molecule has 5 nitrogen and oxygen atoms in total. The largest absolute Gasteiger partial charge is 0.456 e. The third-order valence-corrected chi connectivity index (χ3v) is 10.7. The quantitative estimate of drug-likeness (QED) is 0.172. The molecule has 56 heavy (non-hydrogen) atoms. The zero-order valence-corrected chi connectivity index (χ0v) is 30.2. The van der Waals surface area contributed by atoms with Crippen LogP contribution >= 0.6 is 0 Å². The van der Waals surface area contributed by atoms with E-state index in [0.29, 0.717) is 17.5 Å². The molecule has 0 N–H and O–H groups in total. The van der Waals surface area contributed by atoms with E-state index >= 15 is 0 Å². The van der Waals surface area contributed by atoms with Gasteiger partial charge in [0.05, 0.1) is 11.0 Å². The van der Waals surface area contributed by atoms with Crippen LogP contribution in [0.5, 0.6) is 0 Å². The van der Waals surface area contributed by atoms with Gasteiger partial charge in [0.2, 0.25) is 0 Å². The van der Waals surface area contributed by atoms with Gasteiger partial charge in [-0.1, -0.05) is 146 Å². The minimum Gasteiger partial charge on any atom is -0.456 e. The van der Waals surface area contributed by atoms with Gasteiger partial charge in [-0.2, -0.15) is 0 Å². The summed E-state index contributed by atoms with van der Waals surface area (Å²) in [5, 5.41) is 4.56. The van der Waals surface area contributed by atoms with Gasteiger partial charge in [0.1, 0.15) is 11.2 Å². The van der Waals surface area contributed by atoms with Gasteiger partial charge in [-0.3, -0.25) is 0 Å². The summed E-state index contributed by atoms with van der Waals surface area (Å²) in [6.45, 7) is 0. The van der Waals surface area contributed by atoms with Crippen molar-refractivity contribution in [3.05, 3.63) is 194 Å². The van der Waals surface area contributed by atoms with Crippen molar-refractivity contribution in [2.45, 2.75) is 0 Å². The van der Waals surface area contributed by atoms with E-state index in [4.69, 9.17) is 19.4 Å². The van der Waals surface area contributed by atoms with Crippen molar-refractivity contribution in [1.29, 1.82) is 0 Å². The fourth-order valence-electron chi connectivity index (χ4n) is 7.90. The Kier molecular flexibility index (Phi) is 7.42. The molecule has 0 amide bonds. The van der Waals surface area contributed by atoms with E-state index in [1.165, 1.54) is 32.9 Å². The van der Waals surface area contributed by atoms with Crippen LogP contribution in [-0.4, -0.2) is 19.5 Å². The zero-order valence-electron chi connectivity index (χ0n) is 30.2. The molecule has 0 spiro atoms. The van der Waals surface area contributed by atoms with Crippen molar-refractivity contribution < 1.29 is 4.42 Å². The summed E-state index contributed by atoms with van der Waals surface area (Å²) in [6, 6.07) is 67.6. The van der Waals surface area contributed by atoms with Crippen molar-refractivity contribution in [3.8, 4) is 62.1 Å². The predicted molar refractivity (Wildman–Crippen MR) is 229 cm³/mol. The number of aromatic nitrogens is 4. The second kappa shape index (κ2) is 13.0. The van der Waals surface area contributed by atoms with E-state index in [1.807, 2.05) is 66.7 Å². The maximum atomic E-state index is 6.49. The second-order valence-corrected chi connectivity index (χ2v) is 14.1. The van der Waals surface area contributed by atoms with Crippen molar-refractivity contribution in [2.75, 3.05) is 0 Å². The van der Waals surface area contributed by atoms with Gasteiger partial charge in [0, 0.05) is 43.9 Å². The van der Waals surface area contributed by atoms with Crippen LogP contribution in [0.1, 0.15) is 0 Å². The number of para-hydroxylation sites is 1. The lowest BCUT2D eigenvalue weighted by atomic mass is 10.0. The molecular weight excluding hydrogens is 685 g/mol. The molecule has 0 atom stereocenters. The van der Waals surface area contributed by atoms with Crippen LogP contribution in [0.25, 0.3) is 106 Å². The van der Waals surface area contributed by atoms with Gasteiger partial charge in [-0.25, -0.2) is 15.0 Å². The van der Waals surface area contributed by atoms with E-state index in [0.717, 1.165) is 55.4 Å². The average molecular weight is 717 g/mol. The SMILES string of the molecule is c1ccc(-c2ccc(-n3c4ccccc4c4ccc(-c5ccc6oc7cc(-c8nc(-c9ccccc9)nc(-c9ccccc9)n8)ccc7c6c5)cc43)cc2)cc1. The summed E-state index contributed by atoms with van der Waals surface area (Å²) < 4.78 is 8.87. The molecule has 0 saturated carbocycles. The summed E-state index contributed by atoms with van der Waals surface area (Å²) in [5.41, 5.74) is 12.5. The zero-order chi connectivity index (χ0) is 37.0. The monoisotopic (exact) mass is 716 g/mol. The normalized spacial score (nSPS) is 11.6. The smallest absolute Gasteiger partial charge is 0.164 e. The first kappa shape index (κ1) is 31.9. The lowest BCUT2D eigenvalue weighted by molar-refractivity contribution is 0.669. The molecule has 0 saturated heterocycles. The molecule has 5 heteroatoms. The van der Waals surface area contributed by atoms with Gasteiger partial charge in [0.15, 0.2) is 17.5 Å². The lowest BCUT2D eigenvalue weighted by Gasteiger charge is -2.10. The molecule has 11 rings (SSSR count). The van der Waals surface area contributed by atoms with Crippen LogP contribution in [-0.2, 0) is 0 Å². The first-order valence-corrected chi connectivity index (χ1v) is 18.8. The summed E-state index contributed by atoms with van der Waals surface area (Å²) in [4.78, 5) is 14.7. The van der Waals surface area contributed by atoms with E-state index in [1.54, 1.807) is 0 Å². The summed E-state index contributed by atoms with van der Waals surface area (Å²) in [6.07, 6.45) is 0. The van der Waals surface area contributed by atoms with E-state index in [2.05, 4.69) is 132 Å². The minimum absolute atomic E-state index is 0.596. The fourth-order valence-corrected chi connectivity index (χ4v) is 7.90. The maximum Gasteiger partial charge on any atom is 0.164 e. The highest BCUT2D eigenvalue weighted by Crippen LogP contribution is 2.38.